The Morgan fingerprint density at radius 2 is 0.532 bits per heavy atom. The van der Waals surface area contributed by atoms with Gasteiger partial charge in [0.2, 0.25) is 5.91 Å². The molecule has 0 saturated heterocycles. The number of hydrogen-bond donors (Lipinski definition) is 3. The Labute approximate surface area is 483 Å². The first kappa shape index (κ1) is 75.9. The van der Waals surface area contributed by atoms with Crippen molar-refractivity contribution < 1.29 is 24.5 Å². The first-order chi connectivity index (χ1) is 38.0. The van der Waals surface area contributed by atoms with Gasteiger partial charge in [-0.3, -0.25) is 9.59 Å². The fraction of sp³-hybridized carbons (Fsp3) is 0.972. The highest BCUT2D eigenvalue weighted by molar-refractivity contribution is 5.76. The van der Waals surface area contributed by atoms with E-state index in [2.05, 4.69) is 19.2 Å². The zero-order valence-corrected chi connectivity index (χ0v) is 52.7. The van der Waals surface area contributed by atoms with Crippen LogP contribution < -0.4 is 5.32 Å². The van der Waals surface area contributed by atoms with Gasteiger partial charge in [0.05, 0.1) is 25.4 Å². The Kier molecular flexibility index (Phi) is 66.4. The topological polar surface area (TPSA) is 95.9 Å². The van der Waals surface area contributed by atoms with Crippen LogP contribution >= 0.6 is 0 Å². The lowest BCUT2D eigenvalue weighted by Crippen LogP contribution is -2.45. The molecule has 6 nitrogen and oxygen atoms in total. The minimum absolute atomic E-state index is 0.0231. The number of ether oxygens (including phenoxy) is 1. The second-order valence-corrected chi connectivity index (χ2v) is 24.9. The highest BCUT2D eigenvalue weighted by Crippen LogP contribution is 2.20. The molecule has 0 saturated carbocycles. The van der Waals surface area contributed by atoms with Crippen LogP contribution in [0.15, 0.2) is 0 Å². The lowest BCUT2D eigenvalue weighted by molar-refractivity contribution is -0.143. The summed E-state index contributed by atoms with van der Waals surface area (Å²) in [7, 11) is 0. The summed E-state index contributed by atoms with van der Waals surface area (Å²) in [4.78, 5) is 24.6. The number of nitrogens with one attached hydrogen (secondary N) is 1. The van der Waals surface area contributed by atoms with Crippen molar-refractivity contribution in [3.8, 4) is 0 Å². The molecule has 0 fully saturated rings. The Bertz CT molecular complexity index is 1120. The number of carbonyl (C=O) groups excluding carboxylic acids is 2. The van der Waals surface area contributed by atoms with E-state index in [9.17, 15) is 19.8 Å². The molecule has 460 valence electrons. The second-order valence-electron chi connectivity index (χ2n) is 24.9. The largest absolute Gasteiger partial charge is 0.466 e. The van der Waals surface area contributed by atoms with Gasteiger partial charge in [-0.1, -0.05) is 380 Å². The van der Waals surface area contributed by atoms with E-state index < -0.39 is 12.1 Å². The molecular weight excluding hydrogens is 947 g/mol. The van der Waals surface area contributed by atoms with Crippen LogP contribution in [-0.4, -0.2) is 47.4 Å². The van der Waals surface area contributed by atoms with Gasteiger partial charge in [0.25, 0.3) is 0 Å². The van der Waals surface area contributed by atoms with Gasteiger partial charge >= 0.3 is 5.97 Å². The van der Waals surface area contributed by atoms with Gasteiger partial charge in [0.15, 0.2) is 0 Å². The van der Waals surface area contributed by atoms with E-state index in [-0.39, 0.29) is 18.5 Å². The van der Waals surface area contributed by atoms with Gasteiger partial charge in [-0.15, -0.1) is 0 Å². The van der Waals surface area contributed by atoms with Gasteiger partial charge in [0, 0.05) is 12.8 Å². The van der Waals surface area contributed by atoms with Crippen molar-refractivity contribution in [1.82, 2.24) is 5.32 Å². The van der Waals surface area contributed by atoms with Crippen molar-refractivity contribution in [3.63, 3.8) is 0 Å². The first-order valence-corrected chi connectivity index (χ1v) is 35.8. The van der Waals surface area contributed by atoms with Gasteiger partial charge in [-0.2, -0.15) is 0 Å². The maximum Gasteiger partial charge on any atom is 0.305 e. The molecule has 0 rings (SSSR count). The van der Waals surface area contributed by atoms with E-state index in [1.807, 2.05) is 0 Å². The molecule has 0 heterocycles. The SMILES string of the molecule is CCCCCCCCCCCCCCCCCCCCC(=O)OCCCCCCCCCCCCCCCCCCCCCCCCCCCCC(=O)NC(CO)C(O)CCCCCCCCCCCCCCCCCC. The minimum Gasteiger partial charge on any atom is -0.466 e. The maximum atomic E-state index is 12.5. The third kappa shape index (κ3) is 63.9. The van der Waals surface area contributed by atoms with E-state index in [0.717, 1.165) is 38.5 Å². The lowest BCUT2D eigenvalue weighted by Gasteiger charge is -2.22. The molecule has 2 unspecified atom stereocenters. The van der Waals surface area contributed by atoms with Gasteiger partial charge in [-0.05, 0) is 25.7 Å². The zero-order chi connectivity index (χ0) is 55.7. The molecule has 0 aromatic heterocycles. The quantitative estimate of drug-likeness (QED) is 0.0417. The van der Waals surface area contributed by atoms with Crippen LogP contribution in [0.1, 0.15) is 418 Å². The third-order valence-electron chi connectivity index (χ3n) is 17.2. The molecule has 0 aliphatic carbocycles. The van der Waals surface area contributed by atoms with E-state index in [0.29, 0.717) is 25.9 Å². The summed E-state index contributed by atoms with van der Waals surface area (Å²) >= 11 is 0. The summed E-state index contributed by atoms with van der Waals surface area (Å²) in [6.07, 6.45) is 81.5. The van der Waals surface area contributed by atoms with Crippen molar-refractivity contribution in [3.05, 3.63) is 0 Å². The molecular formula is C71H141NO5. The molecule has 6 heteroatoms. The number of esters is 1. The molecule has 0 bridgehead atoms. The van der Waals surface area contributed by atoms with Crippen molar-refractivity contribution in [2.75, 3.05) is 13.2 Å². The molecule has 0 aliphatic heterocycles. The number of aliphatic hydroxyl groups excluding tert-OH is 2. The van der Waals surface area contributed by atoms with E-state index in [1.165, 1.54) is 347 Å². The molecule has 0 aromatic rings. The fourth-order valence-corrected chi connectivity index (χ4v) is 11.7. The molecule has 0 aromatic carbocycles. The number of hydrogen-bond acceptors (Lipinski definition) is 5. The number of unbranched alkanes of at least 4 members (excludes halogenated alkanes) is 57. The standard InChI is InChI=1S/C71H141NO5/c1-3-5-7-9-11-13-15-17-19-21-33-37-41-45-49-53-57-61-65-71(76)77-66-62-58-54-50-46-42-38-34-31-29-27-25-23-22-24-26-28-30-32-36-40-44-48-52-56-60-64-70(75)72-68(67-73)69(74)63-59-55-51-47-43-39-35-20-18-16-14-12-10-8-6-4-2/h68-69,73-74H,3-67H2,1-2H3,(H,72,75). The highest BCUT2D eigenvalue weighted by atomic mass is 16.5. The average Bonchev–Trinajstić information content (AvgIpc) is 3.43. The predicted molar refractivity (Wildman–Crippen MR) is 338 cm³/mol. The zero-order valence-electron chi connectivity index (χ0n) is 52.7. The molecule has 2 atom stereocenters. The summed E-state index contributed by atoms with van der Waals surface area (Å²) < 4.78 is 5.51. The van der Waals surface area contributed by atoms with E-state index >= 15 is 0 Å². The van der Waals surface area contributed by atoms with Crippen LogP contribution in [0.2, 0.25) is 0 Å². The smallest absolute Gasteiger partial charge is 0.305 e. The Hall–Kier alpha value is -1.14. The molecule has 0 spiro atoms. The Morgan fingerprint density at radius 3 is 0.792 bits per heavy atom. The predicted octanol–water partition coefficient (Wildman–Crippen LogP) is 23.0. The highest BCUT2D eigenvalue weighted by Gasteiger charge is 2.20. The average molecular weight is 1090 g/mol. The third-order valence-corrected chi connectivity index (χ3v) is 17.2. The van der Waals surface area contributed by atoms with E-state index in [1.54, 1.807) is 0 Å². The maximum absolute atomic E-state index is 12.5. The number of rotatable bonds is 68. The normalized spacial score (nSPS) is 12.4. The van der Waals surface area contributed by atoms with Crippen molar-refractivity contribution in [1.29, 1.82) is 0 Å². The lowest BCUT2D eigenvalue weighted by atomic mass is 10.0. The van der Waals surface area contributed by atoms with Crippen LogP contribution in [0.3, 0.4) is 0 Å². The van der Waals surface area contributed by atoms with Gasteiger partial charge in [-0.25, -0.2) is 0 Å². The molecule has 1 amide bonds. The summed E-state index contributed by atoms with van der Waals surface area (Å²) in [6, 6.07) is -0.539. The van der Waals surface area contributed by atoms with Crippen molar-refractivity contribution in [2.45, 2.75) is 431 Å². The Balaban J connectivity index is 3.32. The summed E-state index contributed by atoms with van der Waals surface area (Å²) in [5.41, 5.74) is 0. The van der Waals surface area contributed by atoms with Crippen LogP contribution in [0.4, 0.5) is 0 Å². The molecule has 77 heavy (non-hydrogen) atoms. The van der Waals surface area contributed by atoms with Crippen LogP contribution in [-0.2, 0) is 14.3 Å². The van der Waals surface area contributed by atoms with Gasteiger partial charge < -0.3 is 20.3 Å². The van der Waals surface area contributed by atoms with Crippen molar-refractivity contribution >= 4 is 11.9 Å². The minimum atomic E-state index is -0.662. The number of amides is 1. The molecule has 0 radical (unpaired) electrons. The van der Waals surface area contributed by atoms with Crippen molar-refractivity contribution in [2.24, 2.45) is 0 Å². The van der Waals surface area contributed by atoms with Crippen LogP contribution in [0.5, 0.6) is 0 Å². The summed E-state index contributed by atoms with van der Waals surface area (Å²) in [5.74, 6) is -0.00540. The summed E-state index contributed by atoms with van der Waals surface area (Å²) in [5, 5.41) is 23.4. The first-order valence-electron chi connectivity index (χ1n) is 35.8. The molecule has 0 aliphatic rings. The number of aliphatic hydroxyl groups is 2. The fourth-order valence-electron chi connectivity index (χ4n) is 11.7. The van der Waals surface area contributed by atoms with Crippen LogP contribution in [0, 0.1) is 0 Å². The van der Waals surface area contributed by atoms with Crippen LogP contribution in [0.25, 0.3) is 0 Å². The molecule has 3 N–H and O–H groups in total. The summed E-state index contributed by atoms with van der Waals surface area (Å²) in [6.45, 7) is 5.01. The van der Waals surface area contributed by atoms with E-state index in [4.69, 9.17) is 4.74 Å². The monoisotopic (exact) mass is 1090 g/mol. The Morgan fingerprint density at radius 1 is 0.312 bits per heavy atom. The second kappa shape index (κ2) is 67.4. The van der Waals surface area contributed by atoms with Gasteiger partial charge in [0.1, 0.15) is 0 Å². The number of carbonyl (C=O) groups is 2.